The van der Waals surface area contributed by atoms with Crippen LogP contribution in [0.2, 0.25) is 0 Å². The minimum absolute atomic E-state index is 0.0911. The van der Waals surface area contributed by atoms with Crippen molar-refractivity contribution >= 4 is 5.69 Å². The van der Waals surface area contributed by atoms with Crippen LogP contribution in [0.3, 0.4) is 0 Å². The van der Waals surface area contributed by atoms with Crippen molar-refractivity contribution in [1.82, 2.24) is 9.97 Å². The number of benzene rings is 1. The van der Waals surface area contributed by atoms with Crippen molar-refractivity contribution in [3.05, 3.63) is 52.5 Å². The second kappa shape index (κ2) is 8.22. The summed E-state index contributed by atoms with van der Waals surface area (Å²) in [6, 6.07) is 6.74. The highest BCUT2D eigenvalue weighted by Gasteiger charge is 2.17. The zero-order valence-electron chi connectivity index (χ0n) is 12.9. The van der Waals surface area contributed by atoms with Gasteiger partial charge in [0.05, 0.1) is 16.2 Å². The lowest BCUT2D eigenvalue weighted by atomic mass is 10.0. The van der Waals surface area contributed by atoms with Crippen LogP contribution in [0, 0.1) is 10.1 Å². The number of aromatic nitrogens is 2. The minimum Gasteiger partial charge on any atom is -0.258 e. The lowest BCUT2D eigenvalue weighted by Gasteiger charge is -2.08. The topological polar surface area (TPSA) is 68.9 Å². The maximum atomic E-state index is 11.2. The Balaban J connectivity index is 2.20. The van der Waals surface area contributed by atoms with Crippen LogP contribution >= 0.6 is 0 Å². The first-order valence-corrected chi connectivity index (χ1v) is 7.76. The molecule has 0 aliphatic carbocycles. The van der Waals surface area contributed by atoms with Gasteiger partial charge in [0.25, 0.3) is 5.69 Å². The Hall–Kier alpha value is -2.30. The molecular formula is C17H21N3O2. The van der Waals surface area contributed by atoms with Gasteiger partial charge < -0.3 is 0 Å². The molecule has 0 aliphatic rings. The molecule has 1 heterocycles. The monoisotopic (exact) mass is 299 g/mol. The Kier molecular flexibility index (Phi) is 6.01. The van der Waals surface area contributed by atoms with Crippen molar-refractivity contribution in [3.8, 4) is 11.3 Å². The van der Waals surface area contributed by atoms with Crippen molar-refractivity contribution in [1.29, 1.82) is 0 Å². The van der Waals surface area contributed by atoms with Crippen molar-refractivity contribution in [3.63, 3.8) is 0 Å². The molecular weight excluding hydrogens is 278 g/mol. The van der Waals surface area contributed by atoms with Crippen LogP contribution < -0.4 is 0 Å². The van der Waals surface area contributed by atoms with Gasteiger partial charge in [-0.25, -0.2) is 9.97 Å². The lowest BCUT2D eigenvalue weighted by Crippen LogP contribution is -1.98. The molecule has 0 spiro atoms. The molecule has 5 heteroatoms. The van der Waals surface area contributed by atoms with Crippen LogP contribution in [0.4, 0.5) is 5.69 Å². The van der Waals surface area contributed by atoms with E-state index in [0.29, 0.717) is 11.3 Å². The number of unbranched alkanes of at least 4 members (excludes halogenated alkanes) is 4. The Bertz CT molecular complexity index is 629. The van der Waals surface area contributed by atoms with Crippen LogP contribution in [0.1, 0.15) is 44.6 Å². The van der Waals surface area contributed by atoms with Gasteiger partial charge in [-0.15, -0.1) is 0 Å². The third-order valence-electron chi connectivity index (χ3n) is 3.69. The minimum atomic E-state index is -0.359. The van der Waals surface area contributed by atoms with Crippen LogP contribution in [-0.2, 0) is 6.42 Å². The van der Waals surface area contributed by atoms with Gasteiger partial charge in [0.1, 0.15) is 6.33 Å². The average molecular weight is 299 g/mol. The maximum Gasteiger partial charge on any atom is 0.278 e. The summed E-state index contributed by atoms with van der Waals surface area (Å²) in [5.41, 5.74) is 2.32. The van der Waals surface area contributed by atoms with E-state index in [-0.39, 0.29) is 10.6 Å². The molecule has 0 unspecified atom stereocenters. The number of rotatable bonds is 8. The Morgan fingerprint density at radius 1 is 1.14 bits per heavy atom. The number of nitro groups is 1. The van der Waals surface area contributed by atoms with Crippen molar-refractivity contribution in [2.75, 3.05) is 0 Å². The van der Waals surface area contributed by atoms with Gasteiger partial charge >= 0.3 is 0 Å². The molecule has 0 atom stereocenters. The fourth-order valence-corrected chi connectivity index (χ4v) is 2.54. The van der Waals surface area contributed by atoms with E-state index in [2.05, 4.69) is 16.9 Å². The summed E-state index contributed by atoms with van der Waals surface area (Å²) in [7, 11) is 0. The number of hydrogen-bond donors (Lipinski definition) is 0. The number of hydrogen-bond acceptors (Lipinski definition) is 4. The van der Waals surface area contributed by atoms with Gasteiger partial charge in [-0.05, 0) is 24.5 Å². The first kappa shape index (κ1) is 16.1. The van der Waals surface area contributed by atoms with Crippen LogP contribution in [0.15, 0.2) is 36.8 Å². The average Bonchev–Trinajstić information content (AvgIpc) is 2.55. The number of aryl methyl sites for hydroxylation is 1. The van der Waals surface area contributed by atoms with Gasteiger partial charge in [0, 0.05) is 12.3 Å². The number of nitro benzene ring substituents is 1. The second-order valence-electron chi connectivity index (χ2n) is 5.34. The summed E-state index contributed by atoms with van der Waals surface area (Å²) < 4.78 is 0. The zero-order valence-corrected chi connectivity index (χ0v) is 12.9. The maximum absolute atomic E-state index is 11.2. The predicted molar refractivity (Wildman–Crippen MR) is 86.6 cm³/mol. The summed E-state index contributed by atoms with van der Waals surface area (Å²) in [5.74, 6) is 0. The van der Waals surface area contributed by atoms with E-state index in [0.717, 1.165) is 18.4 Å². The molecule has 0 radical (unpaired) electrons. The van der Waals surface area contributed by atoms with Crippen LogP contribution in [0.25, 0.3) is 11.3 Å². The molecule has 116 valence electrons. The normalized spacial score (nSPS) is 10.6. The largest absolute Gasteiger partial charge is 0.278 e. The van der Waals surface area contributed by atoms with Gasteiger partial charge in [-0.1, -0.05) is 44.7 Å². The van der Waals surface area contributed by atoms with Crippen LogP contribution in [-0.4, -0.2) is 14.9 Å². The van der Waals surface area contributed by atoms with Gasteiger partial charge in [-0.2, -0.15) is 0 Å². The summed E-state index contributed by atoms with van der Waals surface area (Å²) >= 11 is 0. The van der Waals surface area contributed by atoms with Gasteiger partial charge in [0.15, 0.2) is 0 Å². The number of para-hydroxylation sites is 1. The quantitative estimate of drug-likeness (QED) is 0.407. The van der Waals surface area contributed by atoms with Crippen molar-refractivity contribution in [2.45, 2.75) is 45.4 Å². The standard InChI is InChI=1S/C17H21N3O2/c1-2-3-4-5-6-9-14-12-18-13-19-17(14)15-10-7-8-11-16(15)20(21)22/h7-8,10-13H,2-6,9H2,1H3. The molecule has 22 heavy (non-hydrogen) atoms. The van der Waals surface area contributed by atoms with E-state index in [4.69, 9.17) is 0 Å². The molecule has 1 aromatic heterocycles. The molecule has 0 saturated heterocycles. The smallest absolute Gasteiger partial charge is 0.258 e. The molecule has 5 nitrogen and oxygen atoms in total. The molecule has 0 aliphatic heterocycles. The Morgan fingerprint density at radius 2 is 1.91 bits per heavy atom. The fourth-order valence-electron chi connectivity index (χ4n) is 2.54. The van der Waals surface area contributed by atoms with Crippen molar-refractivity contribution in [2.24, 2.45) is 0 Å². The third-order valence-corrected chi connectivity index (χ3v) is 3.69. The van der Waals surface area contributed by atoms with E-state index >= 15 is 0 Å². The highest BCUT2D eigenvalue weighted by atomic mass is 16.6. The molecule has 2 aromatic rings. The van der Waals surface area contributed by atoms with E-state index in [9.17, 15) is 10.1 Å². The van der Waals surface area contributed by atoms with Crippen molar-refractivity contribution < 1.29 is 4.92 Å². The van der Waals surface area contributed by atoms with Gasteiger partial charge in [-0.3, -0.25) is 10.1 Å². The third kappa shape index (κ3) is 4.10. The predicted octanol–water partition coefficient (Wildman–Crippen LogP) is 4.56. The summed E-state index contributed by atoms with van der Waals surface area (Å²) in [6.07, 6.45) is 10.0. The van der Waals surface area contributed by atoms with Crippen LogP contribution in [0.5, 0.6) is 0 Å². The summed E-state index contributed by atoms with van der Waals surface area (Å²) in [6.45, 7) is 2.19. The molecule has 0 saturated carbocycles. The van der Waals surface area contributed by atoms with E-state index in [1.807, 2.05) is 0 Å². The first-order chi connectivity index (χ1) is 10.7. The Morgan fingerprint density at radius 3 is 2.68 bits per heavy atom. The highest BCUT2D eigenvalue weighted by Crippen LogP contribution is 2.30. The summed E-state index contributed by atoms with van der Waals surface area (Å²) in [4.78, 5) is 19.2. The zero-order chi connectivity index (χ0) is 15.8. The van der Waals surface area contributed by atoms with Gasteiger partial charge in [0.2, 0.25) is 0 Å². The first-order valence-electron chi connectivity index (χ1n) is 7.76. The molecule has 1 aromatic carbocycles. The molecule has 0 bridgehead atoms. The lowest BCUT2D eigenvalue weighted by molar-refractivity contribution is -0.384. The second-order valence-corrected chi connectivity index (χ2v) is 5.34. The molecule has 0 N–H and O–H groups in total. The summed E-state index contributed by atoms with van der Waals surface area (Å²) in [5, 5.41) is 11.2. The molecule has 2 rings (SSSR count). The SMILES string of the molecule is CCCCCCCc1cncnc1-c1ccccc1[N+](=O)[O-]. The number of nitrogens with zero attached hydrogens (tertiary/aromatic N) is 3. The van der Waals surface area contributed by atoms with E-state index in [1.54, 1.807) is 24.4 Å². The Labute approximate surface area is 130 Å². The molecule has 0 amide bonds. The van der Waals surface area contributed by atoms with E-state index < -0.39 is 0 Å². The van der Waals surface area contributed by atoms with E-state index in [1.165, 1.54) is 38.1 Å². The molecule has 0 fully saturated rings. The fraction of sp³-hybridized carbons (Fsp3) is 0.412. The highest BCUT2D eigenvalue weighted by molar-refractivity contribution is 5.72.